The zero-order valence-corrected chi connectivity index (χ0v) is 13.3. The molecule has 0 aliphatic carbocycles. The van der Waals surface area contributed by atoms with Crippen molar-refractivity contribution in [1.82, 2.24) is 4.90 Å². The molecule has 2 rings (SSSR count). The Labute approximate surface area is 138 Å². The number of hydrogen-bond donors (Lipinski definition) is 2. The van der Waals surface area contributed by atoms with Crippen LogP contribution < -0.4 is 10.6 Å². The van der Waals surface area contributed by atoms with Crippen molar-refractivity contribution in [3.05, 3.63) is 59.7 Å². The van der Waals surface area contributed by atoms with Gasteiger partial charge >= 0.3 is 0 Å². The van der Waals surface area contributed by atoms with E-state index in [0.29, 0.717) is 11.3 Å². The van der Waals surface area contributed by atoms with Crippen LogP contribution in [0.15, 0.2) is 42.5 Å². The van der Waals surface area contributed by atoms with Gasteiger partial charge in [-0.05, 0) is 42.5 Å². The first-order valence-corrected chi connectivity index (χ1v) is 7.17. The van der Waals surface area contributed by atoms with E-state index in [1.807, 2.05) is 0 Å². The Hall–Kier alpha value is -2.96. The predicted octanol–water partition coefficient (Wildman–Crippen LogP) is 2.72. The fraction of sp³-hybridized carbons (Fsp3) is 0.176. The lowest BCUT2D eigenvalue weighted by atomic mass is 10.2. The molecule has 24 heavy (non-hydrogen) atoms. The van der Waals surface area contributed by atoms with Gasteiger partial charge < -0.3 is 15.5 Å². The van der Waals surface area contributed by atoms with E-state index in [1.54, 1.807) is 38.4 Å². The van der Waals surface area contributed by atoms with Crippen molar-refractivity contribution in [1.29, 1.82) is 0 Å². The fourth-order valence-electron chi connectivity index (χ4n) is 1.97. The summed E-state index contributed by atoms with van der Waals surface area (Å²) in [7, 11) is 3.30. The van der Waals surface area contributed by atoms with Crippen molar-refractivity contribution < 1.29 is 18.4 Å². The average molecular weight is 333 g/mol. The lowest BCUT2D eigenvalue weighted by Crippen LogP contribution is -2.23. The van der Waals surface area contributed by atoms with Crippen molar-refractivity contribution in [2.75, 3.05) is 31.3 Å². The first-order valence-electron chi connectivity index (χ1n) is 7.17. The molecule has 0 spiro atoms. The summed E-state index contributed by atoms with van der Waals surface area (Å²) in [6.45, 7) is -0.223. The molecule has 0 fully saturated rings. The fourth-order valence-corrected chi connectivity index (χ4v) is 1.97. The molecule has 0 radical (unpaired) electrons. The van der Waals surface area contributed by atoms with Crippen molar-refractivity contribution >= 4 is 23.2 Å². The number of carbonyl (C=O) groups excluding carboxylic acids is 2. The van der Waals surface area contributed by atoms with E-state index in [1.165, 1.54) is 4.90 Å². The molecular formula is C17H17F2N3O2. The number of anilines is 2. The maximum absolute atomic E-state index is 13.4. The van der Waals surface area contributed by atoms with Gasteiger partial charge in [-0.15, -0.1) is 0 Å². The molecule has 2 N–H and O–H groups in total. The minimum atomic E-state index is -0.643. The highest BCUT2D eigenvalue weighted by atomic mass is 19.1. The van der Waals surface area contributed by atoms with Crippen LogP contribution in [0.1, 0.15) is 10.4 Å². The minimum Gasteiger partial charge on any atom is -0.374 e. The van der Waals surface area contributed by atoms with E-state index in [0.717, 1.165) is 18.2 Å². The molecule has 5 nitrogen and oxygen atoms in total. The van der Waals surface area contributed by atoms with Gasteiger partial charge in [0.1, 0.15) is 11.6 Å². The molecule has 0 bridgehead atoms. The molecule has 7 heteroatoms. The van der Waals surface area contributed by atoms with Crippen LogP contribution in [-0.4, -0.2) is 37.4 Å². The van der Waals surface area contributed by atoms with Gasteiger partial charge in [0.15, 0.2) is 0 Å². The monoisotopic (exact) mass is 333 g/mol. The molecule has 0 saturated heterocycles. The molecule has 2 aromatic rings. The zero-order chi connectivity index (χ0) is 17.7. The lowest BCUT2D eigenvalue weighted by molar-refractivity contribution is -0.114. The molecule has 2 aromatic carbocycles. The quantitative estimate of drug-likeness (QED) is 0.884. The van der Waals surface area contributed by atoms with Crippen molar-refractivity contribution in [2.45, 2.75) is 0 Å². The van der Waals surface area contributed by atoms with Gasteiger partial charge in [-0.3, -0.25) is 9.59 Å². The molecule has 2 amide bonds. The van der Waals surface area contributed by atoms with Crippen molar-refractivity contribution in [3.8, 4) is 0 Å². The van der Waals surface area contributed by atoms with Crippen LogP contribution in [0.3, 0.4) is 0 Å². The molecule has 0 aliphatic heterocycles. The van der Waals surface area contributed by atoms with Crippen molar-refractivity contribution in [3.63, 3.8) is 0 Å². The summed E-state index contributed by atoms with van der Waals surface area (Å²) in [5.41, 5.74) is 0.909. The minimum absolute atomic E-state index is 0.0860. The van der Waals surface area contributed by atoms with Crippen LogP contribution in [0.25, 0.3) is 0 Å². The lowest BCUT2D eigenvalue weighted by Gasteiger charge is -2.11. The molecule has 0 aliphatic rings. The third-order valence-electron chi connectivity index (χ3n) is 3.19. The highest BCUT2D eigenvalue weighted by molar-refractivity contribution is 5.96. The second-order valence-corrected chi connectivity index (χ2v) is 5.30. The standard InChI is InChI=1S/C17H17F2N3O2/c1-22(2)17(24)11-3-6-13(7-4-11)21-16(23)10-20-15-9-12(18)5-8-14(15)19/h3-9,20H,10H2,1-2H3,(H,21,23). The Morgan fingerprint density at radius 3 is 2.33 bits per heavy atom. The third kappa shape index (κ3) is 4.52. The van der Waals surface area contributed by atoms with E-state index in [9.17, 15) is 18.4 Å². The summed E-state index contributed by atoms with van der Waals surface area (Å²) in [6, 6.07) is 9.33. The van der Waals surface area contributed by atoms with Gasteiger partial charge in [0, 0.05) is 25.3 Å². The van der Waals surface area contributed by atoms with Gasteiger partial charge in [-0.1, -0.05) is 0 Å². The summed E-state index contributed by atoms with van der Waals surface area (Å²) in [6.07, 6.45) is 0. The molecule has 0 aromatic heterocycles. The summed E-state index contributed by atoms with van der Waals surface area (Å²) in [5, 5.41) is 5.13. The summed E-state index contributed by atoms with van der Waals surface area (Å²) < 4.78 is 26.5. The summed E-state index contributed by atoms with van der Waals surface area (Å²) >= 11 is 0. The van der Waals surface area contributed by atoms with Crippen LogP contribution in [0.2, 0.25) is 0 Å². The Morgan fingerprint density at radius 1 is 1.04 bits per heavy atom. The Balaban J connectivity index is 1.92. The van der Waals surface area contributed by atoms with Crippen molar-refractivity contribution in [2.24, 2.45) is 0 Å². The Bertz CT molecular complexity index is 746. The zero-order valence-electron chi connectivity index (χ0n) is 13.3. The summed E-state index contributed by atoms with van der Waals surface area (Å²) in [5.74, 6) is -1.81. The number of carbonyl (C=O) groups is 2. The van der Waals surface area contributed by atoms with Gasteiger partial charge in [0.05, 0.1) is 12.2 Å². The van der Waals surface area contributed by atoms with Gasteiger partial charge in [0.25, 0.3) is 5.91 Å². The highest BCUT2D eigenvalue weighted by Crippen LogP contribution is 2.15. The van der Waals surface area contributed by atoms with Crippen LogP contribution in [0.5, 0.6) is 0 Å². The molecule has 0 unspecified atom stereocenters. The molecule has 0 saturated carbocycles. The SMILES string of the molecule is CN(C)C(=O)c1ccc(NC(=O)CNc2cc(F)ccc2F)cc1. The first-order chi connectivity index (χ1) is 11.4. The third-order valence-corrected chi connectivity index (χ3v) is 3.19. The summed E-state index contributed by atoms with van der Waals surface area (Å²) in [4.78, 5) is 25.1. The highest BCUT2D eigenvalue weighted by Gasteiger charge is 2.09. The van der Waals surface area contributed by atoms with Gasteiger partial charge in [-0.25, -0.2) is 8.78 Å². The van der Waals surface area contributed by atoms with E-state index in [2.05, 4.69) is 10.6 Å². The number of rotatable bonds is 5. The van der Waals surface area contributed by atoms with E-state index in [4.69, 9.17) is 0 Å². The topological polar surface area (TPSA) is 61.4 Å². The maximum atomic E-state index is 13.4. The normalized spacial score (nSPS) is 10.2. The predicted molar refractivity (Wildman–Crippen MR) is 87.9 cm³/mol. The van der Waals surface area contributed by atoms with Crippen LogP contribution in [0, 0.1) is 11.6 Å². The number of nitrogens with zero attached hydrogens (tertiary/aromatic N) is 1. The van der Waals surface area contributed by atoms with Crippen LogP contribution in [-0.2, 0) is 4.79 Å². The number of nitrogens with one attached hydrogen (secondary N) is 2. The maximum Gasteiger partial charge on any atom is 0.253 e. The van der Waals surface area contributed by atoms with Crippen LogP contribution in [0.4, 0.5) is 20.2 Å². The van der Waals surface area contributed by atoms with Gasteiger partial charge in [0.2, 0.25) is 5.91 Å². The van der Waals surface area contributed by atoms with Gasteiger partial charge in [-0.2, -0.15) is 0 Å². The molecule has 126 valence electrons. The first kappa shape index (κ1) is 17.4. The molecular weight excluding hydrogens is 316 g/mol. The number of halogens is 2. The number of hydrogen-bond acceptors (Lipinski definition) is 3. The van der Waals surface area contributed by atoms with E-state index in [-0.39, 0.29) is 18.1 Å². The molecule has 0 atom stereocenters. The Morgan fingerprint density at radius 2 is 1.71 bits per heavy atom. The Kier molecular flexibility index (Phi) is 5.47. The number of amides is 2. The van der Waals surface area contributed by atoms with Crippen LogP contribution >= 0.6 is 0 Å². The largest absolute Gasteiger partial charge is 0.374 e. The van der Waals surface area contributed by atoms with E-state index >= 15 is 0 Å². The second kappa shape index (κ2) is 7.54. The molecule has 0 heterocycles. The smallest absolute Gasteiger partial charge is 0.253 e. The number of benzene rings is 2. The second-order valence-electron chi connectivity index (χ2n) is 5.30. The average Bonchev–Trinajstić information content (AvgIpc) is 2.55. The van der Waals surface area contributed by atoms with E-state index < -0.39 is 17.5 Å².